The minimum atomic E-state index is 0.225. The predicted octanol–water partition coefficient (Wildman–Crippen LogP) is 11.5. The van der Waals surface area contributed by atoms with E-state index in [1.165, 1.54) is 66.7 Å². The summed E-state index contributed by atoms with van der Waals surface area (Å²) < 4.78 is 2.38. The second-order valence-corrected chi connectivity index (χ2v) is 12.1. The average Bonchev–Trinajstić information content (AvgIpc) is 3.44. The molecule has 0 bridgehead atoms. The molecule has 6 aromatic rings. The number of allylic oxidation sites excluding steroid dienone is 6. The van der Waals surface area contributed by atoms with Gasteiger partial charge in [-0.1, -0.05) is 103 Å². The number of anilines is 2. The second-order valence-electron chi connectivity index (χ2n) is 12.1. The predicted molar refractivity (Wildman–Crippen MR) is 192 cm³/mol. The van der Waals surface area contributed by atoms with Gasteiger partial charge in [0, 0.05) is 27.8 Å². The Balaban J connectivity index is 1.15. The van der Waals surface area contributed by atoms with E-state index in [1.54, 1.807) is 0 Å². The molecule has 45 heavy (non-hydrogen) atoms. The van der Waals surface area contributed by atoms with E-state index >= 15 is 0 Å². The number of para-hydroxylation sites is 3. The van der Waals surface area contributed by atoms with E-state index in [2.05, 4.69) is 174 Å². The van der Waals surface area contributed by atoms with Gasteiger partial charge >= 0.3 is 0 Å². The Morgan fingerprint density at radius 2 is 1.36 bits per heavy atom. The van der Waals surface area contributed by atoms with Crippen molar-refractivity contribution in [3.8, 4) is 5.69 Å². The van der Waals surface area contributed by atoms with Gasteiger partial charge in [-0.15, -0.1) is 0 Å². The van der Waals surface area contributed by atoms with Crippen molar-refractivity contribution in [2.24, 2.45) is 0 Å². The van der Waals surface area contributed by atoms with Crippen LogP contribution in [-0.4, -0.2) is 10.6 Å². The summed E-state index contributed by atoms with van der Waals surface area (Å²) in [5.41, 5.74) is 12.7. The Morgan fingerprint density at radius 3 is 2.11 bits per heavy atom. The molecule has 0 saturated carbocycles. The van der Waals surface area contributed by atoms with Gasteiger partial charge in [-0.05, 0) is 109 Å². The fourth-order valence-corrected chi connectivity index (χ4v) is 7.17. The number of fused-ring (bicyclic) bond motifs is 3. The van der Waals surface area contributed by atoms with Crippen LogP contribution in [0.15, 0.2) is 163 Å². The summed E-state index contributed by atoms with van der Waals surface area (Å²) >= 11 is 0. The van der Waals surface area contributed by atoms with Crippen LogP contribution in [0.4, 0.5) is 11.4 Å². The molecule has 2 heteroatoms. The highest BCUT2D eigenvalue weighted by Gasteiger charge is 2.23. The molecule has 0 amide bonds. The first-order valence-electron chi connectivity index (χ1n) is 16.0. The van der Waals surface area contributed by atoms with Crippen molar-refractivity contribution >= 4 is 44.3 Å². The Labute approximate surface area is 265 Å². The van der Waals surface area contributed by atoms with Gasteiger partial charge in [-0.25, -0.2) is 0 Å². The summed E-state index contributed by atoms with van der Waals surface area (Å²) in [5, 5.41) is 2.57. The third-order valence-corrected chi connectivity index (χ3v) is 9.32. The normalized spacial score (nSPS) is 16.4. The molecule has 0 radical (unpaired) electrons. The van der Waals surface area contributed by atoms with Crippen LogP contribution in [-0.2, 0) is 0 Å². The molecule has 0 aliphatic heterocycles. The van der Waals surface area contributed by atoms with E-state index in [0.717, 1.165) is 19.3 Å². The zero-order valence-electron chi connectivity index (χ0n) is 25.6. The van der Waals surface area contributed by atoms with Crippen molar-refractivity contribution in [3.05, 3.63) is 174 Å². The van der Waals surface area contributed by atoms with Crippen LogP contribution in [0.3, 0.4) is 0 Å². The zero-order chi connectivity index (χ0) is 30.2. The van der Waals surface area contributed by atoms with E-state index in [0.29, 0.717) is 0 Å². The molecule has 0 spiro atoms. The fraction of sp³-hybridized carbons (Fsp3) is 0.116. The molecule has 2 nitrogen and oxygen atoms in total. The summed E-state index contributed by atoms with van der Waals surface area (Å²) in [6, 6.07) is 46.6. The van der Waals surface area contributed by atoms with Crippen molar-refractivity contribution < 1.29 is 0 Å². The lowest BCUT2D eigenvalue weighted by Crippen LogP contribution is -2.30. The van der Waals surface area contributed by atoms with E-state index in [4.69, 9.17) is 0 Å². The topological polar surface area (TPSA) is 8.17 Å². The second kappa shape index (κ2) is 11.6. The summed E-state index contributed by atoms with van der Waals surface area (Å²) in [5.74, 6) is 0. The SMILES string of the molecule is CC1=CC(N(c2ccccc2)c2ccc(C3=CC=CCC3)cc2)CC=C1c1ccc2c(c1)c1ccccc1n2-c1ccccc1. The smallest absolute Gasteiger partial charge is 0.0562 e. The maximum atomic E-state index is 2.49. The highest BCUT2D eigenvalue weighted by Crippen LogP contribution is 2.39. The first kappa shape index (κ1) is 27.2. The monoisotopic (exact) mass is 580 g/mol. The Bertz CT molecular complexity index is 2120. The highest BCUT2D eigenvalue weighted by atomic mass is 15.2. The summed E-state index contributed by atoms with van der Waals surface area (Å²) in [7, 11) is 0. The van der Waals surface area contributed by atoms with Gasteiger partial charge < -0.3 is 9.47 Å². The van der Waals surface area contributed by atoms with Crippen LogP contribution in [0, 0.1) is 0 Å². The average molecular weight is 581 g/mol. The van der Waals surface area contributed by atoms with E-state index < -0.39 is 0 Å². The van der Waals surface area contributed by atoms with Gasteiger partial charge in [-0.2, -0.15) is 0 Å². The molecule has 0 fully saturated rings. The van der Waals surface area contributed by atoms with Crippen molar-refractivity contribution in [3.63, 3.8) is 0 Å². The lowest BCUT2D eigenvalue weighted by Gasteiger charge is -2.34. The molecule has 5 aromatic carbocycles. The molecule has 1 heterocycles. The van der Waals surface area contributed by atoms with Gasteiger partial charge in [0.05, 0.1) is 17.1 Å². The van der Waals surface area contributed by atoms with Crippen LogP contribution < -0.4 is 4.90 Å². The fourth-order valence-electron chi connectivity index (χ4n) is 7.17. The molecule has 0 saturated heterocycles. The van der Waals surface area contributed by atoms with Crippen LogP contribution in [0.1, 0.15) is 37.3 Å². The molecule has 1 unspecified atom stereocenters. The van der Waals surface area contributed by atoms with Crippen LogP contribution in [0.5, 0.6) is 0 Å². The van der Waals surface area contributed by atoms with Crippen LogP contribution in [0.2, 0.25) is 0 Å². The van der Waals surface area contributed by atoms with E-state index in [-0.39, 0.29) is 6.04 Å². The van der Waals surface area contributed by atoms with Gasteiger partial charge in [0.25, 0.3) is 0 Å². The number of benzene rings is 5. The van der Waals surface area contributed by atoms with Crippen molar-refractivity contribution in [2.75, 3.05) is 4.90 Å². The highest BCUT2D eigenvalue weighted by molar-refractivity contribution is 6.10. The number of rotatable bonds is 6. The molecule has 2 aliphatic carbocycles. The molecular formula is C43H36N2. The number of hydrogen-bond donors (Lipinski definition) is 0. The number of nitrogens with zero attached hydrogens (tertiary/aromatic N) is 2. The molecule has 1 aromatic heterocycles. The first-order valence-corrected chi connectivity index (χ1v) is 16.0. The molecule has 8 rings (SSSR count). The molecule has 0 N–H and O–H groups in total. The Morgan fingerprint density at radius 1 is 0.667 bits per heavy atom. The molecule has 1 atom stereocenters. The molecule has 2 aliphatic rings. The quantitative estimate of drug-likeness (QED) is 0.190. The lowest BCUT2D eigenvalue weighted by atomic mass is 9.89. The molecule has 218 valence electrons. The van der Waals surface area contributed by atoms with E-state index in [1.807, 2.05) is 0 Å². The van der Waals surface area contributed by atoms with Crippen LogP contribution >= 0.6 is 0 Å². The summed E-state index contributed by atoms with van der Waals surface area (Å²) in [6.07, 6.45) is 14.7. The Hall–Kier alpha value is -5.34. The Kier molecular flexibility index (Phi) is 7.04. The minimum Gasteiger partial charge on any atom is -0.334 e. The lowest BCUT2D eigenvalue weighted by molar-refractivity contribution is 0.780. The van der Waals surface area contributed by atoms with Crippen molar-refractivity contribution in [2.45, 2.75) is 32.2 Å². The minimum absolute atomic E-state index is 0.225. The summed E-state index contributed by atoms with van der Waals surface area (Å²) in [4.78, 5) is 2.49. The van der Waals surface area contributed by atoms with E-state index in [9.17, 15) is 0 Å². The number of aromatic nitrogens is 1. The maximum absolute atomic E-state index is 2.49. The maximum Gasteiger partial charge on any atom is 0.0562 e. The third kappa shape index (κ3) is 5.03. The standard InChI is InChI=1S/C43H36N2/c1-31-29-38(44(35-15-7-3-8-16-35)37-24-21-33(22-25-37)32-13-5-2-6-14-32)26-27-39(31)34-23-28-43-41(30-34)40-19-11-12-20-42(40)45(43)36-17-9-4-10-18-36/h2-5,7-13,15-25,27-30,38H,6,14,26H2,1H3. The van der Waals surface area contributed by atoms with Crippen LogP contribution in [0.25, 0.3) is 38.6 Å². The number of hydrogen-bond acceptors (Lipinski definition) is 1. The largest absolute Gasteiger partial charge is 0.334 e. The molecular weight excluding hydrogens is 544 g/mol. The van der Waals surface area contributed by atoms with Gasteiger partial charge in [0.15, 0.2) is 0 Å². The van der Waals surface area contributed by atoms with Gasteiger partial charge in [-0.3, -0.25) is 0 Å². The summed E-state index contributed by atoms with van der Waals surface area (Å²) in [6.45, 7) is 2.27. The zero-order valence-corrected chi connectivity index (χ0v) is 25.6. The van der Waals surface area contributed by atoms with Gasteiger partial charge in [0.2, 0.25) is 0 Å². The first-order chi connectivity index (χ1) is 22.2. The van der Waals surface area contributed by atoms with Crippen molar-refractivity contribution in [1.82, 2.24) is 4.57 Å². The van der Waals surface area contributed by atoms with Crippen molar-refractivity contribution in [1.29, 1.82) is 0 Å². The van der Waals surface area contributed by atoms with Gasteiger partial charge in [0.1, 0.15) is 0 Å². The third-order valence-electron chi connectivity index (χ3n) is 9.32.